The molecular formula is C13H17N3O3S. The molecule has 0 radical (unpaired) electrons. The summed E-state index contributed by atoms with van der Waals surface area (Å²) in [4.78, 5) is 0.0398. The molecule has 20 heavy (non-hydrogen) atoms. The Morgan fingerprint density at radius 2 is 2.10 bits per heavy atom. The average Bonchev–Trinajstić information content (AvgIpc) is 2.84. The summed E-state index contributed by atoms with van der Waals surface area (Å²) in [5.74, 6) is 0.853. The van der Waals surface area contributed by atoms with Gasteiger partial charge in [0.2, 0.25) is 10.0 Å². The van der Waals surface area contributed by atoms with Crippen LogP contribution in [0.15, 0.2) is 39.8 Å². The summed E-state index contributed by atoms with van der Waals surface area (Å²) in [6, 6.07) is 6.75. The number of rotatable bonds is 5. The van der Waals surface area contributed by atoms with E-state index in [2.05, 4.69) is 5.32 Å². The minimum Gasteiger partial charge on any atom is -0.469 e. The molecule has 0 aliphatic heterocycles. The third-order valence-corrected chi connectivity index (χ3v) is 3.99. The highest BCUT2D eigenvalue weighted by Gasteiger charge is 2.15. The molecule has 0 amide bonds. The van der Waals surface area contributed by atoms with E-state index in [1.807, 2.05) is 12.1 Å². The van der Waals surface area contributed by atoms with Crippen molar-refractivity contribution >= 4 is 21.4 Å². The van der Waals surface area contributed by atoms with Crippen molar-refractivity contribution in [3.63, 3.8) is 0 Å². The molecule has 1 heterocycles. The van der Waals surface area contributed by atoms with Gasteiger partial charge in [-0.15, -0.1) is 0 Å². The SMILES string of the molecule is Cc1c(NCCc2ccco2)cc(N)cc1S(N)(=O)=O. The Kier molecular flexibility index (Phi) is 4.01. The summed E-state index contributed by atoms with van der Waals surface area (Å²) in [5, 5.41) is 8.32. The van der Waals surface area contributed by atoms with Gasteiger partial charge in [0.1, 0.15) is 5.76 Å². The van der Waals surface area contributed by atoms with Crippen molar-refractivity contribution in [1.82, 2.24) is 0 Å². The van der Waals surface area contributed by atoms with Crippen molar-refractivity contribution in [1.29, 1.82) is 0 Å². The van der Waals surface area contributed by atoms with Crippen LogP contribution in [-0.4, -0.2) is 15.0 Å². The molecule has 0 saturated heterocycles. The summed E-state index contributed by atoms with van der Waals surface area (Å²) in [6.07, 6.45) is 2.30. The first-order valence-corrected chi connectivity index (χ1v) is 7.62. The van der Waals surface area contributed by atoms with E-state index in [0.717, 1.165) is 5.76 Å². The van der Waals surface area contributed by atoms with Crippen molar-refractivity contribution < 1.29 is 12.8 Å². The third-order valence-electron chi connectivity index (χ3n) is 2.96. The zero-order valence-corrected chi connectivity index (χ0v) is 11.9. The van der Waals surface area contributed by atoms with Gasteiger partial charge in [-0.05, 0) is 36.8 Å². The Morgan fingerprint density at radius 3 is 2.70 bits per heavy atom. The van der Waals surface area contributed by atoms with Gasteiger partial charge < -0.3 is 15.5 Å². The lowest BCUT2D eigenvalue weighted by Gasteiger charge is -2.13. The number of nitrogen functional groups attached to an aromatic ring is 1. The standard InChI is InChI=1S/C13H17N3O3S/c1-9-12(16-5-4-11-3-2-6-19-11)7-10(14)8-13(9)20(15,17)18/h2-3,6-8,16H,4-5,14H2,1H3,(H2,15,17,18). The second kappa shape index (κ2) is 5.56. The summed E-state index contributed by atoms with van der Waals surface area (Å²) < 4.78 is 28.2. The smallest absolute Gasteiger partial charge is 0.238 e. The Bertz CT molecular complexity index is 694. The predicted molar refractivity (Wildman–Crippen MR) is 77.9 cm³/mol. The topological polar surface area (TPSA) is 111 Å². The Hall–Kier alpha value is -1.99. The molecular weight excluding hydrogens is 278 g/mol. The molecule has 6 nitrogen and oxygen atoms in total. The fraction of sp³-hybridized carbons (Fsp3) is 0.231. The molecule has 0 atom stereocenters. The van der Waals surface area contributed by atoms with Gasteiger partial charge in [0.05, 0.1) is 11.2 Å². The molecule has 0 spiro atoms. The summed E-state index contributed by atoms with van der Waals surface area (Å²) in [5.41, 5.74) is 7.27. The van der Waals surface area contributed by atoms with Crippen LogP contribution < -0.4 is 16.2 Å². The van der Waals surface area contributed by atoms with Gasteiger partial charge in [0.15, 0.2) is 0 Å². The van der Waals surface area contributed by atoms with Crippen LogP contribution in [0.4, 0.5) is 11.4 Å². The minimum atomic E-state index is -3.79. The number of sulfonamides is 1. The van der Waals surface area contributed by atoms with Crippen molar-refractivity contribution in [3.8, 4) is 0 Å². The first kappa shape index (κ1) is 14.4. The number of hydrogen-bond donors (Lipinski definition) is 3. The van der Waals surface area contributed by atoms with Gasteiger partial charge in [0.25, 0.3) is 0 Å². The Balaban J connectivity index is 2.17. The lowest BCUT2D eigenvalue weighted by atomic mass is 10.1. The van der Waals surface area contributed by atoms with Crippen LogP contribution in [0.25, 0.3) is 0 Å². The number of anilines is 2. The highest BCUT2D eigenvalue weighted by Crippen LogP contribution is 2.26. The maximum Gasteiger partial charge on any atom is 0.238 e. The quantitative estimate of drug-likeness (QED) is 0.723. The van der Waals surface area contributed by atoms with Crippen LogP contribution in [0.1, 0.15) is 11.3 Å². The van der Waals surface area contributed by atoms with E-state index in [4.69, 9.17) is 15.3 Å². The second-order valence-corrected chi connectivity index (χ2v) is 6.02. The van der Waals surface area contributed by atoms with E-state index in [0.29, 0.717) is 29.9 Å². The Labute approximate surface area is 117 Å². The fourth-order valence-electron chi connectivity index (χ4n) is 1.96. The predicted octanol–water partition coefficient (Wildman–Crippen LogP) is 1.47. The number of primary sulfonamides is 1. The highest BCUT2D eigenvalue weighted by molar-refractivity contribution is 7.89. The van der Waals surface area contributed by atoms with Crippen molar-refractivity contribution in [2.45, 2.75) is 18.2 Å². The van der Waals surface area contributed by atoms with E-state index in [9.17, 15) is 8.42 Å². The van der Waals surface area contributed by atoms with Gasteiger partial charge in [-0.2, -0.15) is 0 Å². The molecule has 1 aromatic carbocycles. The van der Waals surface area contributed by atoms with Crippen LogP contribution in [0, 0.1) is 6.92 Å². The molecule has 0 unspecified atom stereocenters. The molecule has 0 aliphatic rings. The maximum atomic E-state index is 11.5. The number of nitrogens with two attached hydrogens (primary N) is 2. The largest absolute Gasteiger partial charge is 0.469 e. The highest BCUT2D eigenvalue weighted by atomic mass is 32.2. The lowest BCUT2D eigenvalue weighted by Crippen LogP contribution is -2.16. The molecule has 5 N–H and O–H groups in total. The van der Waals surface area contributed by atoms with Gasteiger partial charge in [0, 0.05) is 24.3 Å². The first-order chi connectivity index (χ1) is 9.38. The molecule has 0 bridgehead atoms. The third kappa shape index (κ3) is 3.31. The first-order valence-electron chi connectivity index (χ1n) is 6.07. The molecule has 2 rings (SSSR count). The van der Waals surface area contributed by atoms with Crippen LogP contribution in [0.5, 0.6) is 0 Å². The van der Waals surface area contributed by atoms with Gasteiger partial charge in [-0.25, -0.2) is 13.6 Å². The van der Waals surface area contributed by atoms with Crippen molar-refractivity contribution in [2.75, 3.05) is 17.6 Å². The molecule has 1 aromatic heterocycles. The van der Waals surface area contributed by atoms with Gasteiger partial charge in [-0.3, -0.25) is 0 Å². The maximum absolute atomic E-state index is 11.5. The van der Waals surface area contributed by atoms with E-state index in [1.54, 1.807) is 19.3 Å². The Morgan fingerprint density at radius 1 is 1.35 bits per heavy atom. The number of nitrogens with one attached hydrogen (secondary N) is 1. The number of hydrogen-bond acceptors (Lipinski definition) is 5. The minimum absolute atomic E-state index is 0.0398. The van der Waals surface area contributed by atoms with E-state index >= 15 is 0 Å². The van der Waals surface area contributed by atoms with Crippen molar-refractivity contribution in [2.24, 2.45) is 5.14 Å². The van der Waals surface area contributed by atoms with Gasteiger partial charge in [-0.1, -0.05) is 0 Å². The van der Waals surface area contributed by atoms with Crippen LogP contribution in [-0.2, 0) is 16.4 Å². The average molecular weight is 295 g/mol. The zero-order chi connectivity index (χ0) is 14.8. The summed E-state index contributed by atoms with van der Waals surface area (Å²) >= 11 is 0. The molecule has 108 valence electrons. The normalized spacial score (nSPS) is 11.5. The molecule has 0 aliphatic carbocycles. The van der Waals surface area contributed by atoms with Crippen LogP contribution in [0.3, 0.4) is 0 Å². The number of furan rings is 1. The number of benzene rings is 1. The molecule has 0 fully saturated rings. The molecule has 0 saturated carbocycles. The van der Waals surface area contributed by atoms with Crippen LogP contribution in [0.2, 0.25) is 0 Å². The van der Waals surface area contributed by atoms with Gasteiger partial charge >= 0.3 is 0 Å². The fourth-order valence-corrected chi connectivity index (χ4v) is 2.80. The van der Waals surface area contributed by atoms with E-state index in [1.165, 1.54) is 6.07 Å². The lowest BCUT2D eigenvalue weighted by molar-refractivity contribution is 0.513. The van der Waals surface area contributed by atoms with Crippen LogP contribution >= 0.6 is 0 Å². The van der Waals surface area contributed by atoms with Crippen molar-refractivity contribution in [3.05, 3.63) is 41.9 Å². The second-order valence-electron chi connectivity index (χ2n) is 4.49. The van der Waals surface area contributed by atoms with E-state index < -0.39 is 10.0 Å². The zero-order valence-electron chi connectivity index (χ0n) is 11.1. The summed E-state index contributed by atoms with van der Waals surface area (Å²) in [7, 11) is -3.79. The monoisotopic (exact) mass is 295 g/mol. The molecule has 2 aromatic rings. The summed E-state index contributed by atoms with van der Waals surface area (Å²) in [6.45, 7) is 2.29. The van der Waals surface area contributed by atoms with E-state index in [-0.39, 0.29) is 4.90 Å². The molecule has 7 heteroatoms.